The van der Waals surface area contributed by atoms with E-state index < -0.39 is 0 Å². The fraction of sp³-hybridized carbons (Fsp3) is 0.320. The summed E-state index contributed by atoms with van der Waals surface area (Å²) in [5.41, 5.74) is 2.75. The molecule has 4 rings (SSSR count). The second-order valence-electron chi connectivity index (χ2n) is 8.07. The van der Waals surface area contributed by atoms with Gasteiger partial charge in [-0.25, -0.2) is 0 Å². The minimum Gasteiger partial charge on any atom is -0.490 e. The number of hydrogen-bond acceptors (Lipinski definition) is 5. The van der Waals surface area contributed by atoms with Crippen molar-refractivity contribution in [2.75, 3.05) is 20.1 Å². The highest BCUT2D eigenvalue weighted by atomic mass is 32.1. The Morgan fingerprint density at radius 3 is 2.53 bits per heavy atom. The molecule has 0 aliphatic carbocycles. The molecule has 166 valence electrons. The average molecular weight is 450 g/mol. The van der Waals surface area contributed by atoms with Crippen molar-refractivity contribution in [3.8, 4) is 5.75 Å². The molecule has 7 heteroatoms. The van der Waals surface area contributed by atoms with Crippen LogP contribution in [0, 0.1) is 5.92 Å². The van der Waals surface area contributed by atoms with Crippen LogP contribution in [0.4, 0.5) is 0 Å². The van der Waals surface area contributed by atoms with E-state index in [1.165, 1.54) is 11.3 Å². The van der Waals surface area contributed by atoms with Crippen molar-refractivity contribution >= 4 is 23.2 Å². The Balaban J connectivity index is 1.46. The number of aromatic nitrogens is 1. The Morgan fingerprint density at radius 1 is 1.12 bits per heavy atom. The third-order valence-electron chi connectivity index (χ3n) is 5.75. The van der Waals surface area contributed by atoms with Gasteiger partial charge in [0.25, 0.3) is 5.91 Å². The molecule has 1 saturated heterocycles. The van der Waals surface area contributed by atoms with Crippen molar-refractivity contribution in [1.29, 1.82) is 0 Å². The van der Waals surface area contributed by atoms with Crippen molar-refractivity contribution in [3.63, 3.8) is 0 Å². The number of benzene rings is 2. The normalized spacial score (nSPS) is 18.2. The molecule has 0 saturated carbocycles. The van der Waals surface area contributed by atoms with Gasteiger partial charge in [-0.3, -0.25) is 14.6 Å². The second-order valence-corrected chi connectivity index (χ2v) is 8.96. The average Bonchev–Trinajstić information content (AvgIpc) is 3.36. The molecule has 2 amide bonds. The molecule has 1 fully saturated rings. The highest BCUT2D eigenvalue weighted by molar-refractivity contribution is 7.11. The lowest BCUT2D eigenvalue weighted by Crippen LogP contribution is -2.49. The van der Waals surface area contributed by atoms with Crippen molar-refractivity contribution in [2.45, 2.75) is 25.5 Å². The van der Waals surface area contributed by atoms with E-state index in [0.717, 1.165) is 11.3 Å². The van der Waals surface area contributed by atoms with E-state index in [-0.39, 0.29) is 23.8 Å². The lowest BCUT2D eigenvalue weighted by Gasteiger charge is -2.38. The van der Waals surface area contributed by atoms with Gasteiger partial charge in [-0.05, 0) is 17.7 Å². The Hall–Kier alpha value is -3.19. The van der Waals surface area contributed by atoms with Crippen LogP contribution in [-0.4, -0.2) is 52.8 Å². The van der Waals surface area contributed by atoms with Crippen LogP contribution in [0.1, 0.15) is 28.1 Å². The predicted octanol–water partition coefficient (Wildman–Crippen LogP) is 4.10. The number of likely N-dealkylation sites (tertiary alicyclic amines) is 1. The molecule has 2 atom stereocenters. The number of hydrogen-bond donors (Lipinski definition) is 0. The summed E-state index contributed by atoms with van der Waals surface area (Å²) in [6.45, 7) is 1.64. The lowest BCUT2D eigenvalue weighted by molar-refractivity contribution is -0.132. The van der Waals surface area contributed by atoms with Gasteiger partial charge >= 0.3 is 0 Å². The first-order chi connectivity index (χ1) is 15.6. The number of ether oxygens (including phenoxy) is 1. The number of thiazole rings is 1. The topological polar surface area (TPSA) is 62.7 Å². The minimum atomic E-state index is -0.128. The number of piperidine rings is 1. The predicted molar refractivity (Wildman–Crippen MR) is 125 cm³/mol. The largest absolute Gasteiger partial charge is 0.490 e. The maximum Gasteiger partial charge on any atom is 0.265 e. The third-order valence-corrected chi connectivity index (χ3v) is 6.51. The molecule has 3 aromatic rings. The number of para-hydroxylation sites is 1. The van der Waals surface area contributed by atoms with Crippen molar-refractivity contribution in [1.82, 2.24) is 14.8 Å². The standard InChI is InChI=1S/C25H27N3O3S/c1-27(16-19-8-4-2-5-9-19)24(29)14-20-17-28(25(30)23-15-26-18-32-23)13-12-22(20)31-21-10-6-3-7-11-21/h2-11,15,18,20,22H,12-14,16-17H2,1H3/t20-,22-/m0/s1. The smallest absolute Gasteiger partial charge is 0.265 e. The molecule has 2 aromatic carbocycles. The summed E-state index contributed by atoms with van der Waals surface area (Å²) < 4.78 is 6.27. The van der Waals surface area contributed by atoms with Crippen LogP contribution in [0.15, 0.2) is 72.4 Å². The highest BCUT2D eigenvalue weighted by Gasteiger charge is 2.35. The Bertz CT molecular complexity index is 1010. The van der Waals surface area contributed by atoms with Gasteiger partial charge in [-0.15, -0.1) is 11.3 Å². The highest BCUT2D eigenvalue weighted by Crippen LogP contribution is 2.27. The van der Waals surface area contributed by atoms with Gasteiger partial charge in [0.05, 0.1) is 11.7 Å². The molecule has 6 nitrogen and oxygen atoms in total. The molecule has 0 radical (unpaired) electrons. The van der Waals surface area contributed by atoms with Gasteiger partial charge in [0.1, 0.15) is 16.7 Å². The van der Waals surface area contributed by atoms with Gasteiger partial charge in [0.2, 0.25) is 5.91 Å². The van der Waals surface area contributed by atoms with Gasteiger partial charge < -0.3 is 14.5 Å². The number of carbonyl (C=O) groups excluding carboxylic acids is 2. The first kappa shape index (κ1) is 22.0. The van der Waals surface area contributed by atoms with Crippen molar-refractivity contribution in [2.24, 2.45) is 5.92 Å². The van der Waals surface area contributed by atoms with E-state index in [9.17, 15) is 9.59 Å². The van der Waals surface area contributed by atoms with Crippen LogP contribution in [-0.2, 0) is 11.3 Å². The molecular formula is C25H27N3O3S. The van der Waals surface area contributed by atoms with Crippen LogP contribution < -0.4 is 4.74 Å². The van der Waals surface area contributed by atoms with Crippen LogP contribution in [0.25, 0.3) is 0 Å². The monoisotopic (exact) mass is 449 g/mol. The summed E-state index contributed by atoms with van der Waals surface area (Å²) in [5, 5.41) is 0. The second kappa shape index (κ2) is 10.4. The zero-order valence-electron chi connectivity index (χ0n) is 18.1. The van der Waals surface area contributed by atoms with Crippen LogP contribution in [0.2, 0.25) is 0 Å². The third kappa shape index (κ3) is 5.53. The van der Waals surface area contributed by atoms with Crippen molar-refractivity contribution < 1.29 is 14.3 Å². The van der Waals surface area contributed by atoms with E-state index in [4.69, 9.17) is 4.74 Å². The number of carbonyl (C=O) groups is 2. The molecule has 1 aliphatic heterocycles. The van der Waals surface area contributed by atoms with Crippen LogP contribution in [0.3, 0.4) is 0 Å². The van der Waals surface area contributed by atoms with Gasteiger partial charge in [-0.1, -0.05) is 48.5 Å². The molecule has 32 heavy (non-hydrogen) atoms. The summed E-state index contributed by atoms with van der Waals surface area (Å²) in [5.74, 6) is 0.717. The lowest BCUT2D eigenvalue weighted by atomic mass is 9.90. The maximum absolute atomic E-state index is 13.1. The summed E-state index contributed by atoms with van der Waals surface area (Å²) in [7, 11) is 1.82. The summed E-state index contributed by atoms with van der Waals surface area (Å²) >= 11 is 1.34. The summed E-state index contributed by atoms with van der Waals surface area (Å²) in [6, 6.07) is 19.6. The van der Waals surface area contributed by atoms with E-state index in [0.29, 0.717) is 37.4 Å². The first-order valence-electron chi connectivity index (χ1n) is 10.8. The van der Waals surface area contributed by atoms with Gasteiger partial charge in [0.15, 0.2) is 0 Å². The van der Waals surface area contributed by atoms with E-state index in [2.05, 4.69) is 4.98 Å². The Morgan fingerprint density at radius 2 is 1.84 bits per heavy atom. The molecule has 0 N–H and O–H groups in total. The molecular weight excluding hydrogens is 422 g/mol. The Kier molecular flexibility index (Phi) is 7.17. The van der Waals surface area contributed by atoms with Crippen molar-refractivity contribution in [3.05, 3.63) is 82.8 Å². The molecule has 1 aromatic heterocycles. The fourth-order valence-electron chi connectivity index (χ4n) is 4.02. The zero-order valence-corrected chi connectivity index (χ0v) is 18.9. The maximum atomic E-state index is 13.1. The SMILES string of the molecule is CN(Cc1ccccc1)C(=O)C[C@H]1CN(C(=O)c2cncs2)CC[C@@H]1Oc1ccccc1. The number of nitrogens with zero attached hydrogens (tertiary/aromatic N) is 3. The van der Waals surface area contributed by atoms with Gasteiger partial charge in [-0.2, -0.15) is 0 Å². The number of amides is 2. The van der Waals surface area contributed by atoms with E-state index in [1.54, 1.807) is 16.6 Å². The molecule has 1 aliphatic rings. The molecule has 0 spiro atoms. The van der Waals surface area contributed by atoms with Crippen LogP contribution >= 0.6 is 11.3 Å². The Labute approximate surface area is 192 Å². The molecule has 2 heterocycles. The first-order valence-corrected chi connectivity index (χ1v) is 11.7. The van der Waals surface area contributed by atoms with E-state index >= 15 is 0 Å². The number of rotatable bonds is 7. The van der Waals surface area contributed by atoms with Gasteiger partial charge in [0, 0.05) is 45.4 Å². The minimum absolute atomic E-state index is 0.0271. The quantitative estimate of drug-likeness (QED) is 0.545. The molecule has 0 bridgehead atoms. The van der Waals surface area contributed by atoms with E-state index in [1.807, 2.05) is 72.6 Å². The fourth-order valence-corrected chi connectivity index (χ4v) is 4.61. The summed E-state index contributed by atoms with van der Waals surface area (Å²) in [6.07, 6.45) is 2.48. The summed E-state index contributed by atoms with van der Waals surface area (Å²) in [4.78, 5) is 34.2. The molecule has 0 unspecified atom stereocenters. The zero-order chi connectivity index (χ0) is 22.3. The van der Waals surface area contributed by atoms with Crippen LogP contribution in [0.5, 0.6) is 5.75 Å².